The lowest BCUT2D eigenvalue weighted by Crippen LogP contribution is -2.52. The second-order valence-electron chi connectivity index (χ2n) is 6.95. The van der Waals surface area contributed by atoms with Gasteiger partial charge in [-0.3, -0.25) is 4.79 Å². The lowest BCUT2D eigenvalue weighted by atomic mass is 9.96. The summed E-state index contributed by atoms with van der Waals surface area (Å²) in [6.07, 6.45) is 5.56. The Kier molecular flexibility index (Phi) is 3.58. The minimum Gasteiger partial charge on any atom is -0.360 e. The third kappa shape index (κ3) is 2.59. The number of hydrogen-bond acceptors (Lipinski definition) is 7. The largest absolute Gasteiger partial charge is 0.360 e. The molecular formula is C17H19N7O2. The normalized spacial score (nSPS) is 17.2. The third-order valence-electron chi connectivity index (χ3n) is 5.15. The van der Waals surface area contributed by atoms with Crippen LogP contribution in [0.15, 0.2) is 23.0 Å². The summed E-state index contributed by atoms with van der Waals surface area (Å²) in [5.41, 5.74) is 2.19. The lowest BCUT2D eigenvalue weighted by Gasteiger charge is -2.40. The molecule has 0 atom stereocenters. The SMILES string of the molecule is O=C(NCC1CN(c2ccc3nncn3n2)C1)c1noc2c1CCCC2. The summed E-state index contributed by atoms with van der Waals surface area (Å²) in [6, 6.07) is 3.85. The minimum atomic E-state index is -0.126. The van der Waals surface area contributed by atoms with Crippen LogP contribution in [0, 0.1) is 5.92 Å². The standard InChI is InChI=1S/C17H19N7O2/c25-17(16-12-3-1-2-4-13(12)26-22-16)18-7-11-8-23(9-11)15-6-5-14-20-19-10-24(14)21-15/h5-6,10-11H,1-4,7-9H2,(H,18,25). The van der Waals surface area contributed by atoms with E-state index in [1.165, 1.54) is 0 Å². The lowest BCUT2D eigenvalue weighted by molar-refractivity contribution is 0.0934. The average molecular weight is 353 g/mol. The van der Waals surface area contributed by atoms with E-state index in [0.717, 1.165) is 61.6 Å². The van der Waals surface area contributed by atoms with Crippen molar-refractivity contribution in [2.24, 2.45) is 5.92 Å². The van der Waals surface area contributed by atoms with Crippen molar-refractivity contribution in [2.45, 2.75) is 25.7 Å². The van der Waals surface area contributed by atoms with E-state index >= 15 is 0 Å². The molecule has 0 bridgehead atoms. The first kappa shape index (κ1) is 15.3. The van der Waals surface area contributed by atoms with Crippen LogP contribution in [0.4, 0.5) is 5.82 Å². The molecule has 3 aromatic rings. The molecule has 0 saturated carbocycles. The van der Waals surface area contributed by atoms with Crippen LogP contribution in [0.5, 0.6) is 0 Å². The van der Waals surface area contributed by atoms with E-state index in [1.54, 1.807) is 10.8 Å². The maximum absolute atomic E-state index is 12.4. The smallest absolute Gasteiger partial charge is 0.273 e. The molecule has 0 aromatic carbocycles. The van der Waals surface area contributed by atoms with Crippen LogP contribution in [-0.2, 0) is 12.8 Å². The Bertz CT molecular complexity index is 957. The van der Waals surface area contributed by atoms with Crippen LogP contribution in [-0.4, -0.2) is 50.5 Å². The molecule has 1 aliphatic carbocycles. The summed E-state index contributed by atoms with van der Waals surface area (Å²) in [5, 5.41) is 19.3. The molecule has 0 unspecified atom stereocenters. The molecule has 4 heterocycles. The molecule has 9 nitrogen and oxygen atoms in total. The number of fused-ring (bicyclic) bond motifs is 2. The van der Waals surface area contributed by atoms with Gasteiger partial charge in [0.2, 0.25) is 0 Å². The summed E-state index contributed by atoms with van der Waals surface area (Å²) in [5.74, 6) is 2.05. The highest BCUT2D eigenvalue weighted by Gasteiger charge is 2.30. The molecule has 134 valence electrons. The van der Waals surface area contributed by atoms with Gasteiger partial charge in [-0.1, -0.05) is 5.16 Å². The number of rotatable bonds is 4. The molecule has 1 fully saturated rings. The number of carbonyl (C=O) groups is 1. The maximum Gasteiger partial charge on any atom is 0.273 e. The van der Waals surface area contributed by atoms with Crippen molar-refractivity contribution >= 4 is 17.4 Å². The van der Waals surface area contributed by atoms with Gasteiger partial charge in [-0.05, 0) is 31.4 Å². The van der Waals surface area contributed by atoms with Crippen molar-refractivity contribution in [3.63, 3.8) is 0 Å². The molecule has 26 heavy (non-hydrogen) atoms. The van der Waals surface area contributed by atoms with Crippen molar-refractivity contribution in [3.05, 3.63) is 35.5 Å². The van der Waals surface area contributed by atoms with E-state index in [2.05, 4.69) is 30.7 Å². The molecule has 1 saturated heterocycles. The van der Waals surface area contributed by atoms with Gasteiger partial charge >= 0.3 is 0 Å². The predicted molar refractivity (Wildman–Crippen MR) is 92.0 cm³/mol. The van der Waals surface area contributed by atoms with Gasteiger partial charge in [0.15, 0.2) is 11.3 Å². The first-order chi connectivity index (χ1) is 12.8. The Hall–Kier alpha value is -2.97. The summed E-state index contributed by atoms with van der Waals surface area (Å²) < 4.78 is 6.98. The number of aryl methyl sites for hydroxylation is 1. The summed E-state index contributed by atoms with van der Waals surface area (Å²) in [4.78, 5) is 14.6. The van der Waals surface area contributed by atoms with Gasteiger partial charge < -0.3 is 14.7 Å². The molecule has 5 rings (SSSR count). The van der Waals surface area contributed by atoms with E-state index in [1.807, 2.05) is 12.1 Å². The fourth-order valence-corrected chi connectivity index (χ4v) is 3.66. The number of anilines is 1. The minimum absolute atomic E-state index is 0.126. The van der Waals surface area contributed by atoms with Crippen LogP contribution < -0.4 is 10.2 Å². The van der Waals surface area contributed by atoms with Gasteiger partial charge in [0.25, 0.3) is 5.91 Å². The fourth-order valence-electron chi connectivity index (χ4n) is 3.66. The second-order valence-corrected chi connectivity index (χ2v) is 6.95. The zero-order valence-electron chi connectivity index (χ0n) is 14.3. The van der Waals surface area contributed by atoms with Crippen LogP contribution in [0.2, 0.25) is 0 Å². The van der Waals surface area contributed by atoms with Crippen molar-refractivity contribution in [1.82, 2.24) is 30.3 Å². The molecule has 0 spiro atoms. The first-order valence-electron chi connectivity index (χ1n) is 8.95. The van der Waals surface area contributed by atoms with E-state index in [0.29, 0.717) is 18.2 Å². The quantitative estimate of drug-likeness (QED) is 0.742. The summed E-state index contributed by atoms with van der Waals surface area (Å²) in [6.45, 7) is 2.35. The van der Waals surface area contributed by atoms with Gasteiger partial charge in [0.1, 0.15) is 17.9 Å². The van der Waals surface area contributed by atoms with Gasteiger partial charge in [-0.15, -0.1) is 15.3 Å². The van der Waals surface area contributed by atoms with Crippen molar-refractivity contribution in [2.75, 3.05) is 24.5 Å². The molecule has 0 radical (unpaired) electrons. The molecule has 1 aliphatic heterocycles. The molecule has 2 aliphatic rings. The highest BCUT2D eigenvalue weighted by atomic mass is 16.5. The van der Waals surface area contributed by atoms with Crippen LogP contribution in [0.25, 0.3) is 5.65 Å². The molecule has 1 N–H and O–H groups in total. The Balaban J connectivity index is 1.16. The number of hydrogen-bond donors (Lipinski definition) is 1. The third-order valence-corrected chi connectivity index (χ3v) is 5.15. The first-order valence-corrected chi connectivity index (χ1v) is 8.95. The zero-order chi connectivity index (χ0) is 17.5. The van der Waals surface area contributed by atoms with Crippen LogP contribution >= 0.6 is 0 Å². The van der Waals surface area contributed by atoms with E-state index in [-0.39, 0.29) is 5.91 Å². The van der Waals surface area contributed by atoms with Crippen LogP contribution in [0.3, 0.4) is 0 Å². The zero-order valence-corrected chi connectivity index (χ0v) is 14.3. The summed E-state index contributed by atoms with van der Waals surface area (Å²) >= 11 is 0. The predicted octanol–water partition coefficient (Wildman–Crippen LogP) is 0.857. The Morgan fingerprint density at radius 3 is 3.08 bits per heavy atom. The topological polar surface area (TPSA) is 101 Å². The van der Waals surface area contributed by atoms with Crippen molar-refractivity contribution in [3.8, 4) is 0 Å². The van der Waals surface area contributed by atoms with E-state index in [4.69, 9.17) is 4.52 Å². The number of carbonyl (C=O) groups excluding carboxylic acids is 1. The number of amides is 1. The molecule has 3 aromatic heterocycles. The van der Waals surface area contributed by atoms with Crippen molar-refractivity contribution < 1.29 is 9.32 Å². The average Bonchev–Trinajstić information content (AvgIpc) is 3.26. The highest BCUT2D eigenvalue weighted by Crippen LogP contribution is 2.25. The monoisotopic (exact) mass is 353 g/mol. The van der Waals surface area contributed by atoms with Crippen molar-refractivity contribution in [1.29, 1.82) is 0 Å². The van der Waals surface area contributed by atoms with E-state index in [9.17, 15) is 4.79 Å². The molecule has 1 amide bonds. The molecular weight excluding hydrogens is 334 g/mol. The number of aromatic nitrogens is 5. The van der Waals surface area contributed by atoms with E-state index < -0.39 is 0 Å². The van der Waals surface area contributed by atoms with Crippen LogP contribution in [0.1, 0.15) is 34.7 Å². The Morgan fingerprint density at radius 2 is 2.15 bits per heavy atom. The summed E-state index contributed by atoms with van der Waals surface area (Å²) in [7, 11) is 0. The second kappa shape index (κ2) is 6.08. The van der Waals surface area contributed by atoms with Gasteiger partial charge in [0, 0.05) is 37.5 Å². The van der Waals surface area contributed by atoms with Gasteiger partial charge in [-0.25, -0.2) is 0 Å². The molecule has 9 heteroatoms. The van der Waals surface area contributed by atoms with Gasteiger partial charge in [-0.2, -0.15) is 4.52 Å². The number of nitrogens with zero attached hydrogens (tertiary/aromatic N) is 6. The Morgan fingerprint density at radius 1 is 1.27 bits per heavy atom. The maximum atomic E-state index is 12.4. The fraction of sp³-hybridized carbons (Fsp3) is 0.471. The Labute approximate surface area is 149 Å². The van der Waals surface area contributed by atoms with Gasteiger partial charge in [0.05, 0.1) is 0 Å². The highest BCUT2D eigenvalue weighted by molar-refractivity contribution is 5.93. The number of nitrogens with one attached hydrogen (secondary N) is 1.